The predicted octanol–water partition coefficient (Wildman–Crippen LogP) is 4.34. The first-order valence-electron chi connectivity index (χ1n) is 12.0. The number of hydrogen-bond donors (Lipinski definition) is 0. The van der Waals surface area contributed by atoms with Gasteiger partial charge in [-0.3, -0.25) is 18.8 Å². The van der Waals surface area contributed by atoms with E-state index in [1.54, 1.807) is 6.92 Å². The topological polar surface area (TPSA) is 99.8 Å². The van der Waals surface area contributed by atoms with E-state index in [0.717, 1.165) is 21.4 Å². The van der Waals surface area contributed by atoms with Crippen molar-refractivity contribution in [2.75, 3.05) is 24.7 Å². The van der Waals surface area contributed by atoms with E-state index in [9.17, 15) is 32.3 Å². The van der Waals surface area contributed by atoms with E-state index >= 15 is 0 Å². The molecule has 1 atom stereocenters. The molecule has 2 aliphatic rings. The number of hydrogen-bond acceptors (Lipinski definition) is 6. The van der Waals surface area contributed by atoms with Crippen LogP contribution in [0.4, 0.5) is 23.7 Å². The van der Waals surface area contributed by atoms with Crippen LogP contribution in [0.15, 0.2) is 52.2 Å². The van der Waals surface area contributed by atoms with Gasteiger partial charge in [-0.2, -0.15) is 13.2 Å². The summed E-state index contributed by atoms with van der Waals surface area (Å²) in [5, 5.41) is 0.0923. The summed E-state index contributed by atoms with van der Waals surface area (Å²) in [6.45, 7) is 1.95. The van der Waals surface area contributed by atoms with Crippen molar-refractivity contribution in [3.05, 3.63) is 90.7 Å². The van der Waals surface area contributed by atoms with Crippen molar-refractivity contribution in [3.8, 4) is 5.69 Å². The molecule has 0 spiro atoms. The summed E-state index contributed by atoms with van der Waals surface area (Å²) < 4.78 is 52.7. The Bertz CT molecular complexity index is 1610. The third-order valence-electron chi connectivity index (χ3n) is 6.73. The molecule has 2 aromatic carbocycles. The molecule has 1 aliphatic carbocycles. The second kappa shape index (κ2) is 9.92. The minimum Gasteiger partial charge on any atom is -0.462 e. The zero-order chi connectivity index (χ0) is 28.1. The summed E-state index contributed by atoms with van der Waals surface area (Å²) >= 11 is 6.42. The molecule has 2 heterocycles. The van der Waals surface area contributed by atoms with Crippen molar-refractivity contribution in [3.63, 3.8) is 0 Å². The van der Waals surface area contributed by atoms with E-state index in [4.69, 9.17) is 21.1 Å². The van der Waals surface area contributed by atoms with E-state index in [1.165, 1.54) is 35.2 Å². The molecule has 0 radical (unpaired) electrons. The Labute approximate surface area is 223 Å². The van der Waals surface area contributed by atoms with Crippen LogP contribution in [0.3, 0.4) is 0 Å². The fourth-order valence-corrected chi connectivity index (χ4v) is 5.30. The molecular weight excluding hydrogens is 543 g/mol. The van der Waals surface area contributed by atoms with E-state index in [2.05, 4.69) is 0 Å². The highest BCUT2D eigenvalue weighted by molar-refractivity contribution is 6.34. The van der Waals surface area contributed by atoms with Gasteiger partial charge < -0.3 is 9.47 Å². The minimum atomic E-state index is -4.61. The number of fused-ring (bicyclic) bond motifs is 1. The number of benzene rings is 2. The number of halogens is 4. The Balaban J connectivity index is 1.69. The summed E-state index contributed by atoms with van der Waals surface area (Å²) in [5.41, 5.74) is -2.50. The van der Waals surface area contributed by atoms with E-state index in [-0.39, 0.29) is 54.4 Å². The summed E-state index contributed by atoms with van der Waals surface area (Å²) in [4.78, 5) is 53.2. The van der Waals surface area contributed by atoms with Gasteiger partial charge in [0.05, 0.1) is 41.2 Å². The smallest absolute Gasteiger partial charge is 0.416 e. The first-order chi connectivity index (χ1) is 18.5. The van der Waals surface area contributed by atoms with Crippen LogP contribution in [0.2, 0.25) is 5.02 Å². The summed E-state index contributed by atoms with van der Waals surface area (Å²) in [6, 6.07) is 6.89. The monoisotopic (exact) mass is 563 g/mol. The van der Waals surface area contributed by atoms with Gasteiger partial charge in [0, 0.05) is 6.20 Å². The van der Waals surface area contributed by atoms with Crippen molar-refractivity contribution >= 4 is 29.4 Å². The summed E-state index contributed by atoms with van der Waals surface area (Å²) in [6.07, 6.45) is -4.15. The van der Waals surface area contributed by atoms with Crippen molar-refractivity contribution in [1.29, 1.82) is 0 Å². The van der Waals surface area contributed by atoms with Gasteiger partial charge in [0.15, 0.2) is 0 Å². The quantitative estimate of drug-likeness (QED) is 0.428. The number of amides is 1. The van der Waals surface area contributed by atoms with E-state index in [1.807, 2.05) is 0 Å². The Morgan fingerprint density at radius 3 is 2.59 bits per heavy atom. The van der Waals surface area contributed by atoms with Gasteiger partial charge in [-0.15, -0.1) is 0 Å². The van der Waals surface area contributed by atoms with Gasteiger partial charge in [0.25, 0.3) is 5.56 Å². The van der Waals surface area contributed by atoms with Crippen LogP contribution in [0.5, 0.6) is 0 Å². The Morgan fingerprint density at radius 2 is 1.95 bits per heavy atom. The molecule has 1 aromatic heterocycles. The average molecular weight is 564 g/mol. The lowest BCUT2D eigenvalue weighted by atomic mass is 10.0. The van der Waals surface area contributed by atoms with Crippen LogP contribution in [0, 0.1) is 0 Å². The second-order valence-electron chi connectivity index (χ2n) is 8.92. The molecule has 5 rings (SSSR count). The van der Waals surface area contributed by atoms with Crippen molar-refractivity contribution in [1.82, 2.24) is 9.13 Å². The number of cyclic esters (lactones) is 1. The number of alkyl halides is 3. The van der Waals surface area contributed by atoms with Crippen LogP contribution >= 0.6 is 11.6 Å². The fraction of sp³-hybridized carbons (Fsp3) is 0.308. The maximum atomic E-state index is 13.7. The molecule has 0 saturated carbocycles. The first-order valence-corrected chi connectivity index (χ1v) is 12.4. The highest BCUT2D eigenvalue weighted by atomic mass is 35.5. The van der Waals surface area contributed by atoms with Crippen LogP contribution in [0.1, 0.15) is 46.4 Å². The molecule has 9 nitrogen and oxygen atoms in total. The van der Waals surface area contributed by atoms with Crippen molar-refractivity contribution in [2.45, 2.75) is 32.0 Å². The molecule has 13 heteroatoms. The lowest BCUT2D eigenvalue weighted by Crippen LogP contribution is -2.44. The molecule has 39 heavy (non-hydrogen) atoms. The third kappa shape index (κ3) is 4.58. The number of rotatable bonds is 5. The molecule has 0 N–H and O–H groups in total. The number of aromatic nitrogens is 2. The molecule has 1 aliphatic heterocycles. The van der Waals surface area contributed by atoms with Gasteiger partial charge >= 0.3 is 23.9 Å². The first kappa shape index (κ1) is 26.5. The molecule has 1 fully saturated rings. The number of esters is 1. The largest absolute Gasteiger partial charge is 0.462 e. The molecule has 1 unspecified atom stereocenters. The maximum Gasteiger partial charge on any atom is 0.416 e. The molecule has 3 aromatic rings. The van der Waals surface area contributed by atoms with Gasteiger partial charge in [-0.25, -0.2) is 14.4 Å². The third-order valence-corrected chi connectivity index (χ3v) is 7.03. The van der Waals surface area contributed by atoms with Gasteiger partial charge in [-0.05, 0) is 55.2 Å². The van der Waals surface area contributed by atoms with Crippen molar-refractivity contribution in [2.24, 2.45) is 0 Å². The second-order valence-corrected chi connectivity index (χ2v) is 9.33. The van der Waals surface area contributed by atoms with Crippen LogP contribution < -0.4 is 16.1 Å². The van der Waals surface area contributed by atoms with E-state index < -0.39 is 46.7 Å². The van der Waals surface area contributed by atoms with Crippen LogP contribution in [-0.4, -0.2) is 41.0 Å². The number of nitrogens with zero attached hydrogens (tertiary/aromatic N) is 3. The normalized spacial score (nSPS) is 16.8. The number of carbonyl (C=O) groups excluding carboxylic acids is 2. The average Bonchev–Trinajstić information content (AvgIpc) is 3.50. The Morgan fingerprint density at radius 1 is 1.18 bits per heavy atom. The zero-order valence-electron chi connectivity index (χ0n) is 20.5. The highest BCUT2D eigenvalue weighted by Gasteiger charge is 2.39. The Hall–Kier alpha value is -4.06. The van der Waals surface area contributed by atoms with E-state index in [0.29, 0.717) is 5.69 Å². The molecule has 204 valence electrons. The SMILES string of the molecule is CCOC(=O)c1cn(-c2ccc(N3CCOC3=O)c(Cl)c2)c(=O)n(C2CCc3c2cccc3C(F)(F)F)c1=O. The number of carbonyl (C=O) groups is 2. The summed E-state index contributed by atoms with van der Waals surface area (Å²) in [5.74, 6) is -0.991. The van der Waals surface area contributed by atoms with Gasteiger partial charge in [-0.1, -0.05) is 23.7 Å². The van der Waals surface area contributed by atoms with Crippen LogP contribution in [-0.2, 0) is 22.1 Å². The maximum absolute atomic E-state index is 13.7. The highest BCUT2D eigenvalue weighted by Crippen LogP contribution is 2.41. The number of anilines is 1. The summed E-state index contributed by atoms with van der Waals surface area (Å²) in [7, 11) is 0. The van der Waals surface area contributed by atoms with Gasteiger partial charge in [0.2, 0.25) is 0 Å². The van der Waals surface area contributed by atoms with Gasteiger partial charge in [0.1, 0.15) is 12.2 Å². The van der Waals surface area contributed by atoms with Crippen LogP contribution in [0.25, 0.3) is 5.69 Å². The lowest BCUT2D eigenvalue weighted by Gasteiger charge is -2.20. The fourth-order valence-electron chi connectivity index (χ4n) is 5.02. The minimum absolute atomic E-state index is 0.000663. The molecular formula is C26H21ClF3N3O6. The zero-order valence-corrected chi connectivity index (χ0v) is 21.2. The number of ether oxygens (including phenoxy) is 2. The standard InChI is InChI=1S/C26H21ClF3N3O6/c1-2-38-23(35)17-13-32(14-6-8-21(19(27)12-14)31-10-11-39-25(31)37)24(36)33(22(17)34)20-9-7-15-16(20)4-3-5-18(15)26(28,29)30/h3-6,8,12-13,20H,2,7,9-11H2,1H3. The van der Waals surface area contributed by atoms with Crippen molar-refractivity contribution < 1.29 is 32.2 Å². The molecule has 1 saturated heterocycles. The predicted molar refractivity (Wildman–Crippen MR) is 134 cm³/mol. The Kier molecular flexibility index (Phi) is 6.75. The molecule has 1 amide bonds. The molecule has 0 bridgehead atoms. The lowest BCUT2D eigenvalue weighted by molar-refractivity contribution is -0.138.